The Balaban J connectivity index is 1.81. The first kappa shape index (κ1) is 15.7. The van der Waals surface area contributed by atoms with Crippen molar-refractivity contribution >= 4 is 5.91 Å². The second-order valence-electron chi connectivity index (χ2n) is 6.44. The molecule has 3 rings (SSSR count). The van der Waals surface area contributed by atoms with Crippen molar-refractivity contribution in [2.24, 2.45) is 7.05 Å². The molecule has 0 radical (unpaired) electrons. The zero-order chi connectivity index (χ0) is 16.6. The number of pyridine rings is 1. The van der Waals surface area contributed by atoms with Gasteiger partial charge in [0.05, 0.1) is 18.2 Å². The van der Waals surface area contributed by atoms with E-state index >= 15 is 0 Å². The zero-order valence-electron chi connectivity index (χ0n) is 14.3. The van der Waals surface area contributed by atoms with Crippen LogP contribution in [0, 0.1) is 20.8 Å². The third-order valence-electron chi connectivity index (χ3n) is 4.80. The number of aryl methyl sites for hydroxylation is 3. The summed E-state index contributed by atoms with van der Waals surface area (Å²) in [6.07, 6.45) is 4.29. The van der Waals surface area contributed by atoms with Crippen LogP contribution in [-0.2, 0) is 18.3 Å². The van der Waals surface area contributed by atoms with Gasteiger partial charge in [0.15, 0.2) is 0 Å². The highest BCUT2D eigenvalue weighted by atomic mass is 16.2. The molecule has 5 nitrogen and oxygen atoms in total. The van der Waals surface area contributed by atoms with Gasteiger partial charge in [0, 0.05) is 36.7 Å². The van der Waals surface area contributed by atoms with E-state index in [2.05, 4.69) is 17.0 Å². The molecule has 1 aliphatic rings. The van der Waals surface area contributed by atoms with Crippen molar-refractivity contribution in [1.29, 1.82) is 0 Å². The molecule has 0 aromatic carbocycles. The van der Waals surface area contributed by atoms with Gasteiger partial charge in [0.1, 0.15) is 0 Å². The summed E-state index contributed by atoms with van der Waals surface area (Å²) in [6, 6.07) is 4.11. The van der Waals surface area contributed by atoms with Crippen molar-refractivity contribution in [3.05, 3.63) is 46.5 Å². The van der Waals surface area contributed by atoms with E-state index in [1.165, 1.54) is 5.56 Å². The number of likely N-dealkylation sites (tertiary alicyclic amines) is 1. The van der Waals surface area contributed by atoms with Gasteiger partial charge in [0.2, 0.25) is 5.91 Å². The Bertz CT molecular complexity index is 717. The fourth-order valence-electron chi connectivity index (χ4n) is 3.52. The Kier molecular flexibility index (Phi) is 4.20. The minimum absolute atomic E-state index is 0.162. The maximum absolute atomic E-state index is 12.8. The molecule has 1 fully saturated rings. The number of nitrogens with zero attached hydrogens (tertiary/aromatic N) is 4. The van der Waals surface area contributed by atoms with E-state index in [9.17, 15) is 4.79 Å². The molecule has 1 amide bonds. The van der Waals surface area contributed by atoms with E-state index in [4.69, 9.17) is 0 Å². The highest BCUT2D eigenvalue weighted by Gasteiger charge is 2.33. The number of carbonyl (C=O) groups is 1. The molecule has 0 N–H and O–H groups in total. The Morgan fingerprint density at radius 1 is 1.30 bits per heavy atom. The highest BCUT2D eigenvalue weighted by molar-refractivity contribution is 5.79. The topological polar surface area (TPSA) is 51.0 Å². The van der Waals surface area contributed by atoms with Crippen molar-refractivity contribution in [3.63, 3.8) is 0 Å². The molecule has 1 atom stereocenters. The van der Waals surface area contributed by atoms with Crippen LogP contribution in [0.1, 0.15) is 47.1 Å². The minimum Gasteiger partial charge on any atom is -0.335 e. The predicted molar refractivity (Wildman–Crippen MR) is 89.0 cm³/mol. The summed E-state index contributed by atoms with van der Waals surface area (Å²) in [5.41, 5.74) is 5.36. The highest BCUT2D eigenvalue weighted by Crippen LogP contribution is 2.35. The average molecular weight is 312 g/mol. The molecule has 23 heavy (non-hydrogen) atoms. The summed E-state index contributed by atoms with van der Waals surface area (Å²) in [4.78, 5) is 19.1. The van der Waals surface area contributed by atoms with Crippen LogP contribution in [0.4, 0.5) is 0 Å². The average Bonchev–Trinajstić information content (AvgIpc) is 3.07. The summed E-state index contributed by atoms with van der Waals surface area (Å²) >= 11 is 0. The lowest BCUT2D eigenvalue weighted by atomic mass is 10.0. The second kappa shape index (κ2) is 6.14. The van der Waals surface area contributed by atoms with E-state index in [1.54, 1.807) is 6.20 Å². The van der Waals surface area contributed by atoms with E-state index in [0.717, 1.165) is 42.0 Å². The molecule has 1 aliphatic heterocycles. The second-order valence-corrected chi connectivity index (χ2v) is 6.44. The molecule has 0 bridgehead atoms. The Morgan fingerprint density at radius 3 is 2.70 bits per heavy atom. The van der Waals surface area contributed by atoms with Crippen LogP contribution in [0.5, 0.6) is 0 Å². The zero-order valence-corrected chi connectivity index (χ0v) is 14.3. The molecular weight excluding hydrogens is 288 g/mol. The molecule has 1 saturated heterocycles. The normalized spacial score (nSPS) is 17.7. The van der Waals surface area contributed by atoms with Crippen LogP contribution in [0.25, 0.3) is 0 Å². The maximum Gasteiger partial charge on any atom is 0.227 e. The van der Waals surface area contributed by atoms with Crippen LogP contribution in [0.2, 0.25) is 0 Å². The number of amides is 1. The Labute approximate surface area is 137 Å². The number of aromatic nitrogens is 3. The van der Waals surface area contributed by atoms with Crippen LogP contribution < -0.4 is 0 Å². The van der Waals surface area contributed by atoms with Crippen LogP contribution in [0.15, 0.2) is 18.3 Å². The molecule has 122 valence electrons. The number of rotatable bonds is 3. The van der Waals surface area contributed by atoms with Crippen molar-refractivity contribution in [3.8, 4) is 0 Å². The maximum atomic E-state index is 12.8. The van der Waals surface area contributed by atoms with Gasteiger partial charge in [-0.15, -0.1) is 0 Å². The Morgan fingerprint density at radius 2 is 2.09 bits per heavy atom. The van der Waals surface area contributed by atoms with Crippen molar-refractivity contribution < 1.29 is 4.79 Å². The molecule has 0 saturated carbocycles. The van der Waals surface area contributed by atoms with Crippen molar-refractivity contribution in [2.75, 3.05) is 6.54 Å². The van der Waals surface area contributed by atoms with Crippen LogP contribution >= 0.6 is 0 Å². The van der Waals surface area contributed by atoms with Gasteiger partial charge in [-0.1, -0.05) is 6.07 Å². The number of hydrogen-bond donors (Lipinski definition) is 0. The lowest BCUT2D eigenvalue weighted by molar-refractivity contribution is -0.131. The molecule has 5 heteroatoms. The molecule has 2 aromatic heterocycles. The lowest BCUT2D eigenvalue weighted by Gasteiger charge is -2.25. The summed E-state index contributed by atoms with van der Waals surface area (Å²) in [7, 11) is 1.96. The predicted octanol–water partition coefficient (Wildman–Crippen LogP) is 2.65. The van der Waals surface area contributed by atoms with Crippen molar-refractivity contribution in [1.82, 2.24) is 19.7 Å². The summed E-state index contributed by atoms with van der Waals surface area (Å²) in [5.74, 6) is 0.181. The summed E-state index contributed by atoms with van der Waals surface area (Å²) in [6.45, 7) is 6.90. The third kappa shape index (κ3) is 3.00. The first-order valence-electron chi connectivity index (χ1n) is 8.18. The molecule has 3 heterocycles. The lowest BCUT2D eigenvalue weighted by Crippen LogP contribution is -2.32. The van der Waals surface area contributed by atoms with Gasteiger partial charge in [-0.25, -0.2) is 0 Å². The Hall–Kier alpha value is -2.17. The van der Waals surface area contributed by atoms with Gasteiger partial charge < -0.3 is 4.90 Å². The summed E-state index contributed by atoms with van der Waals surface area (Å²) < 4.78 is 1.91. The van der Waals surface area contributed by atoms with Gasteiger partial charge in [-0.05, 0) is 45.2 Å². The third-order valence-corrected chi connectivity index (χ3v) is 4.80. The molecule has 1 unspecified atom stereocenters. The minimum atomic E-state index is 0.162. The molecule has 0 spiro atoms. The quantitative estimate of drug-likeness (QED) is 0.875. The van der Waals surface area contributed by atoms with E-state index in [0.29, 0.717) is 6.42 Å². The van der Waals surface area contributed by atoms with Gasteiger partial charge in [-0.3, -0.25) is 14.5 Å². The van der Waals surface area contributed by atoms with Crippen molar-refractivity contribution in [2.45, 2.75) is 46.1 Å². The smallest absolute Gasteiger partial charge is 0.227 e. The van der Waals surface area contributed by atoms with Gasteiger partial charge in [0.25, 0.3) is 0 Å². The standard InChI is InChI=1S/C18H24N4O/c1-12-7-8-15(11-19-12)10-17(23)22-9-5-6-16(22)18-13(2)20-21(4)14(18)3/h7-8,11,16H,5-6,9-10H2,1-4H3. The van der Waals surface area contributed by atoms with E-state index in [1.807, 2.05) is 42.6 Å². The molecule has 2 aromatic rings. The fraction of sp³-hybridized carbons (Fsp3) is 0.500. The first-order valence-corrected chi connectivity index (χ1v) is 8.18. The van der Waals surface area contributed by atoms with Gasteiger partial charge in [-0.2, -0.15) is 5.10 Å². The van der Waals surface area contributed by atoms with E-state index < -0.39 is 0 Å². The largest absolute Gasteiger partial charge is 0.335 e. The van der Waals surface area contributed by atoms with E-state index in [-0.39, 0.29) is 11.9 Å². The number of carbonyl (C=O) groups excluding carboxylic acids is 1. The molecular formula is C18H24N4O. The first-order chi connectivity index (χ1) is 11.0. The van der Waals surface area contributed by atoms with Crippen LogP contribution in [0.3, 0.4) is 0 Å². The summed E-state index contributed by atoms with van der Waals surface area (Å²) in [5, 5.41) is 4.51. The monoisotopic (exact) mass is 312 g/mol. The number of hydrogen-bond acceptors (Lipinski definition) is 3. The van der Waals surface area contributed by atoms with Gasteiger partial charge >= 0.3 is 0 Å². The fourth-order valence-corrected chi connectivity index (χ4v) is 3.52. The van der Waals surface area contributed by atoms with Crippen LogP contribution in [-0.4, -0.2) is 32.1 Å². The SMILES string of the molecule is Cc1ccc(CC(=O)N2CCCC2c2c(C)nn(C)c2C)cn1. The molecule has 0 aliphatic carbocycles.